The van der Waals surface area contributed by atoms with Crippen molar-refractivity contribution in [3.63, 3.8) is 0 Å². The Morgan fingerprint density at radius 1 is 1.62 bits per heavy atom. The van der Waals surface area contributed by atoms with Crippen LogP contribution in [0.1, 0.15) is 0 Å². The Bertz CT molecular complexity index is 416. The van der Waals surface area contributed by atoms with Crippen LogP contribution in [0.3, 0.4) is 0 Å². The minimum Gasteiger partial charge on any atom is -0.449 e. The lowest BCUT2D eigenvalue weighted by Crippen LogP contribution is -2.02. The highest BCUT2D eigenvalue weighted by Crippen LogP contribution is 2.17. The molecule has 2 aromatic rings. The van der Waals surface area contributed by atoms with Gasteiger partial charge in [0, 0.05) is 17.6 Å². The molecule has 66 valence electrons. The first-order valence-corrected chi connectivity index (χ1v) is 3.60. The Kier molecular flexibility index (Phi) is 1.63. The van der Waals surface area contributed by atoms with Crippen LogP contribution < -0.4 is 4.74 Å². The van der Waals surface area contributed by atoms with E-state index in [1.807, 2.05) is 6.07 Å². The number of carbonyl (C=O) groups is 1. The van der Waals surface area contributed by atoms with Gasteiger partial charge < -0.3 is 14.8 Å². The summed E-state index contributed by atoms with van der Waals surface area (Å²) in [5, 5.41) is 9.15. The van der Waals surface area contributed by atoms with Gasteiger partial charge in [0.15, 0.2) is 0 Å². The third-order valence-corrected chi connectivity index (χ3v) is 1.56. The van der Waals surface area contributed by atoms with Crippen molar-refractivity contribution in [2.75, 3.05) is 0 Å². The zero-order valence-electron chi connectivity index (χ0n) is 6.52. The van der Waals surface area contributed by atoms with Crippen LogP contribution in [0.5, 0.6) is 5.88 Å². The standard InChI is InChI=1S/C8H6N2O3/c11-8(12)13-6-4-5-2-1-3-9-7(5)10-6/h1-4H,(H,9,10)(H,11,12). The number of hydrogen-bond acceptors (Lipinski definition) is 3. The lowest BCUT2D eigenvalue weighted by atomic mass is 10.3. The first-order valence-electron chi connectivity index (χ1n) is 3.60. The number of aromatic nitrogens is 2. The van der Waals surface area contributed by atoms with Gasteiger partial charge in [-0.2, -0.15) is 0 Å². The van der Waals surface area contributed by atoms with Gasteiger partial charge in [-0.15, -0.1) is 0 Å². The van der Waals surface area contributed by atoms with E-state index >= 15 is 0 Å². The molecule has 2 heterocycles. The molecule has 0 amide bonds. The van der Waals surface area contributed by atoms with Crippen LogP contribution in [0.25, 0.3) is 11.0 Å². The van der Waals surface area contributed by atoms with Crippen molar-refractivity contribution in [2.45, 2.75) is 0 Å². The fraction of sp³-hybridized carbons (Fsp3) is 0. The van der Waals surface area contributed by atoms with Gasteiger partial charge in [0.05, 0.1) is 0 Å². The predicted octanol–water partition coefficient (Wildman–Crippen LogP) is 1.62. The van der Waals surface area contributed by atoms with Crippen molar-refractivity contribution < 1.29 is 14.6 Å². The Morgan fingerprint density at radius 2 is 2.46 bits per heavy atom. The SMILES string of the molecule is O=C(O)Oc1cc2cccnc2[nH]1. The molecule has 0 aliphatic carbocycles. The van der Waals surface area contributed by atoms with Crippen LogP contribution in [0.15, 0.2) is 24.4 Å². The van der Waals surface area contributed by atoms with E-state index in [0.717, 1.165) is 5.39 Å². The maximum atomic E-state index is 10.2. The van der Waals surface area contributed by atoms with Crippen LogP contribution in [-0.2, 0) is 0 Å². The van der Waals surface area contributed by atoms with Crippen molar-refractivity contribution in [1.82, 2.24) is 9.97 Å². The molecule has 0 aliphatic heterocycles. The average molecular weight is 178 g/mol. The number of pyridine rings is 1. The topological polar surface area (TPSA) is 75.2 Å². The molecule has 13 heavy (non-hydrogen) atoms. The quantitative estimate of drug-likeness (QED) is 0.650. The molecule has 0 aromatic carbocycles. The molecule has 0 bridgehead atoms. The molecule has 0 fully saturated rings. The van der Waals surface area contributed by atoms with Crippen LogP contribution in [0, 0.1) is 0 Å². The maximum absolute atomic E-state index is 10.2. The van der Waals surface area contributed by atoms with Crippen LogP contribution in [0.4, 0.5) is 4.79 Å². The monoisotopic (exact) mass is 178 g/mol. The Hall–Kier alpha value is -2.04. The second-order valence-electron chi connectivity index (χ2n) is 2.44. The van der Waals surface area contributed by atoms with E-state index in [-0.39, 0.29) is 5.88 Å². The fourth-order valence-electron chi connectivity index (χ4n) is 1.08. The highest BCUT2D eigenvalue weighted by molar-refractivity contribution is 5.78. The summed E-state index contributed by atoms with van der Waals surface area (Å²) in [7, 11) is 0. The zero-order chi connectivity index (χ0) is 9.26. The van der Waals surface area contributed by atoms with Gasteiger partial charge in [-0.05, 0) is 12.1 Å². The average Bonchev–Trinajstić information content (AvgIpc) is 2.44. The molecule has 5 heteroatoms. The molecule has 0 saturated carbocycles. The number of nitrogens with one attached hydrogen (secondary N) is 1. The Morgan fingerprint density at radius 3 is 3.15 bits per heavy atom. The summed E-state index contributed by atoms with van der Waals surface area (Å²) in [6.45, 7) is 0. The first kappa shape index (κ1) is 7.60. The van der Waals surface area contributed by atoms with E-state index in [1.54, 1.807) is 18.3 Å². The molecule has 0 unspecified atom stereocenters. The van der Waals surface area contributed by atoms with Gasteiger partial charge in [-0.1, -0.05) is 0 Å². The normalized spacial score (nSPS) is 10.2. The van der Waals surface area contributed by atoms with Gasteiger partial charge in [0.1, 0.15) is 5.65 Å². The highest BCUT2D eigenvalue weighted by atomic mass is 16.7. The molecule has 0 radical (unpaired) electrons. The zero-order valence-corrected chi connectivity index (χ0v) is 6.52. The number of rotatable bonds is 1. The lowest BCUT2D eigenvalue weighted by Gasteiger charge is -1.91. The predicted molar refractivity (Wildman–Crippen MR) is 44.7 cm³/mol. The third kappa shape index (κ3) is 1.44. The lowest BCUT2D eigenvalue weighted by molar-refractivity contribution is 0.143. The number of ether oxygens (including phenoxy) is 1. The number of fused-ring (bicyclic) bond motifs is 1. The van der Waals surface area contributed by atoms with Crippen molar-refractivity contribution >= 4 is 17.2 Å². The van der Waals surface area contributed by atoms with Crippen LogP contribution in [0.2, 0.25) is 0 Å². The summed E-state index contributed by atoms with van der Waals surface area (Å²) in [6, 6.07) is 5.16. The molecule has 2 rings (SSSR count). The Balaban J connectivity index is 2.44. The Labute approximate surface area is 73.0 Å². The summed E-state index contributed by atoms with van der Waals surface area (Å²) >= 11 is 0. The van der Waals surface area contributed by atoms with Crippen molar-refractivity contribution in [2.24, 2.45) is 0 Å². The van der Waals surface area contributed by atoms with Crippen LogP contribution >= 0.6 is 0 Å². The van der Waals surface area contributed by atoms with Gasteiger partial charge in [-0.3, -0.25) is 0 Å². The second-order valence-corrected chi connectivity index (χ2v) is 2.44. The van der Waals surface area contributed by atoms with E-state index in [4.69, 9.17) is 5.11 Å². The molecule has 0 spiro atoms. The van der Waals surface area contributed by atoms with Crippen LogP contribution in [-0.4, -0.2) is 21.2 Å². The summed E-state index contributed by atoms with van der Waals surface area (Å²) in [5.41, 5.74) is 0.610. The number of H-pyrrole nitrogens is 1. The molecule has 2 aromatic heterocycles. The first-order chi connectivity index (χ1) is 6.25. The van der Waals surface area contributed by atoms with E-state index in [2.05, 4.69) is 14.7 Å². The van der Waals surface area contributed by atoms with Gasteiger partial charge in [-0.25, -0.2) is 9.78 Å². The highest BCUT2D eigenvalue weighted by Gasteiger charge is 2.04. The molecule has 2 N–H and O–H groups in total. The van der Waals surface area contributed by atoms with E-state index < -0.39 is 6.16 Å². The number of aromatic amines is 1. The molecular weight excluding hydrogens is 172 g/mol. The fourth-order valence-corrected chi connectivity index (χ4v) is 1.08. The van der Waals surface area contributed by atoms with Gasteiger partial charge >= 0.3 is 6.16 Å². The summed E-state index contributed by atoms with van der Waals surface area (Å²) in [4.78, 5) is 16.9. The molecule has 5 nitrogen and oxygen atoms in total. The summed E-state index contributed by atoms with van der Waals surface area (Å²) in [6.07, 6.45) is 0.273. The second kappa shape index (κ2) is 2.78. The molecular formula is C8H6N2O3. The minimum absolute atomic E-state index is 0.182. The molecule has 0 aliphatic rings. The number of carboxylic acid groups (broad SMARTS) is 1. The molecule has 0 atom stereocenters. The maximum Gasteiger partial charge on any atom is 0.512 e. The third-order valence-electron chi connectivity index (χ3n) is 1.56. The summed E-state index contributed by atoms with van der Waals surface area (Å²) in [5.74, 6) is 0.182. The van der Waals surface area contributed by atoms with Gasteiger partial charge in [0.25, 0.3) is 0 Å². The number of hydrogen-bond donors (Lipinski definition) is 2. The smallest absolute Gasteiger partial charge is 0.449 e. The van der Waals surface area contributed by atoms with Crippen molar-refractivity contribution in [3.8, 4) is 5.88 Å². The summed E-state index contributed by atoms with van der Waals surface area (Å²) < 4.78 is 4.42. The largest absolute Gasteiger partial charge is 0.512 e. The molecule has 0 saturated heterocycles. The van der Waals surface area contributed by atoms with E-state index in [1.165, 1.54) is 0 Å². The van der Waals surface area contributed by atoms with Gasteiger partial charge in [0.2, 0.25) is 5.88 Å². The van der Waals surface area contributed by atoms with E-state index in [0.29, 0.717) is 5.65 Å². The van der Waals surface area contributed by atoms with E-state index in [9.17, 15) is 4.79 Å². The number of nitrogens with zero attached hydrogens (tertiary/aromatic N) is 1. The minimum atomic E-state index is -1.34. The van der Waals surface area contributed by atoms with Crippen molar-refractivity contribution in [1.29, 1.82) is 0 Å². The van der Waals surface area contributed by atoms with Crippen molar-refractivity contribution in [3.05, 3.63) is 24.4 Å².